The molecule has 0 bridgehead atoms. The van der Waals surface area contributed by atoms with Crippen molar-refractivity contribution >= 4 is 5.91 Å². The Bertz CT molecular complexity index is 281. The van der Waals surface area contributed by atoms with E-state index in [-0.39, 0.29) is 17.0 Å². The minimum atomic E-state index is -0.613. The molecule has 4 heteroatoms. The highest BCUT2D eigenvalue weighted by atomic mass is 16.5. The fraction of sp³-hybridized carbons (Fsp3) is 0.909. The highest BCUT2D eigenvalue weighted by Gasteiger charge is 2.54. The average Bonchev–Trinajstić information content (AvgIpc) is 2.25. The fourth-order valence-corrected chi connectivity index (χ4v) is 3.22. The van der Waals surface area contributed by atoms with Crippen LogP contribution in [0, 0.1) is 0 Å². The van der Waals surface area contributed by atoms with Gasteiger partial charge in [0, 0.05) is 23.9 Å². The van der Waals surface area contributed by atoms with Crippen LogP contribution >= 0.6 is 0 Å². The molecule has 1 spiro atoms. The standard InChI is InChI=1S/C11H20N2O2/c1-9(2)5-11(6-10(3,4)13-9)8(14)12-7-15-11/h13H,5-7H2,1-4H3,(H,12,14). The minimum absolute atomic E-state index is 0.0464. The second-order valence-electron chi connectivity index (χ2n) is 6.04. The van der Waals surface area contributed by atoms with Gasteiger partial charge in [-0.1, -0.05) is 0 Å². The molecule has 15 heavy (non-hydrogen) atoms. The first-order valence-electron chi connectivity index (χ1n) is 5.46. The summed E-state index contributed by atoms with van der Waals surface area (Å²) in [5, 5.41) is 6.31. The predicted molar refractivity (Wildman–Crippen MR) is 57.4 cm³/mol. The zero-order chi connectivity index (χ0) is 11.3. The lowest BCUT2D eigenvalue weighted by Crippen LogP contribution is -2.65. The van der Waals surface area contributed by atoms with Crippen LogP contribution in [0.3, 0.4) is 0 Å². The van der Waals surface area contributed by atoms with Crippen LogP contribution < -0.4 is 10.6 Å². The van der Waals surface area contributed by atoms with Gasteiger partial charge in [-0.15, -0.1) is 0 Å². The number of ether oxygens (including phenoxy) is 1. The third-order valence-electron chi connectivity index (χ3n) is 3.13. The summed E-state index contributed by atoms with van der Waals surface area (Å²) in [5.41, 5.74) is -0.745. The van der Waals surface area contributed by atoms with Crippen molar-refractivity contribution in [2.24, 2.45) is 0 Å². The van der Waals surface area contributed by atoms with Gasteiger partial charge in [0.05, 0.1) is 0 Å². The summed E-state index contributed by atoms with van der Waals surface area (Å²) >= 11 is 0. The molecule has 0 aromatic rings. The molecule has 0 saturated carbocycles. The molecule has 2 fully saturated rings. The maximum atomic E-state index is 11.9. The summed E-state index contributed by atoms with van der Waals surface area (Å²) < 4.78 is 5.66. The largest absolute Gasteiger partial charge is 0.345 e. The fourth-order valence-electron chi connectivity index (χ4n) is 3.22. The monoisotopic (exact) mass is 212 g/mol. The van der Waals surface area contributed by atoms with E-state index < -0.39 is 5.60 Å². The van der Waals surface area contributed by atoms with Gasteiger partial charge in [-0.05, 0) is 27.7 Å². The topological polar surface area (TPSA) is 50.4 Å². The normalized spacial score (nSPS) is 31.6. The number of amides is 1. The first kappa shape index (κ1) is 10.9. The van der Waals surface area contributed by atoms with Crippen molar-refractivity contribution in [2.75, 3.05) is 6.73 Å². The molecule has 0 aromatic heterocycles. The number of carbonyl (C=O) groups excluding carboxylic acids is 1. The minimum Gasteiger partial charge on any atom is -0.345 e. The number of carbonyl (C=O) groups is 1. The summed E-state index contributed by atoms with van der Waals surface area (Å²) in [5.74, 6) is 0.0464. The van der Waals surface area contributed by atoms with E-state index in [0.29, 0.717) is 6.73 Å². The summed E-state index contributed by atoms with van der Waals surface area (Å²) in [4.78, 5) is 11.9. The van der Waals surface area contributed by atoms with E-state index in [1.54, 1.807) is 0 Å². The lowest BCUT2D eigenvalue weighted by molar-refractivity contribution is -0.142. The van der Waals surface area contributed by atoms with Crippen LogP contribution in [-0.2, 0) is 9.53 Å². The Morgan fingerprint density at radius 3 is 2.07 bits per heavy atom. The van der Waals surface area contributed by atoms with Crippen molar-refractivity contribution in [2.45, 2.75) is 57.2 Å². The maximum absolute atomic E-state index is 11.9. The molecule has 86 valence electrons. The first-order chi connectivity index (χ1) is 6.75. The quantitative estimate of drug-likeness (QED) is 0.623. The highest BCUT2D eigenvalue weighted by Crippen LogP contribution is 2.40. The molecule has 2 aliphatic rings. The molecule has 4 nitrogen and oxygen atoms in total. The van der Waals surface area contributed by atoms with E-state index in [1.165, 1.54) is 0 Å². The number of piperidine rings is 1. The van der Waals surface area contributed by atoms with E-state index >= 15 is 0 Å². The van der Waals surface area contributed by atoms with Gasteiger partial charge in [0.25, 0.3) is 5.91 Å². The second kappa shape index (κ2) is 2.95. The molecule has 2 N–H and O–H groups in total. The Balaban J connectivity index is 2.30. The Hall–Kier alpha value is -0.610. The van der Waals surface area contributed by atoms with Crippen LogP contribution in [0.5, 0.6) is 0 Å². The number of nitrogens with one attached hydrogen (secondary N) is 2. The van der Waals surface area contributed by atoms with Crippen LogP contribution in [0.15, 0.2) is 0 Å². The van der Waals surface area contributed by atoms with E-state index in [0.717, 1.165) is 12.8 Å². The summed E-state index contributed by atoms with van der Waals surface area (Å²) in [7, 11) is 0. The number of hydrogen-bond donors (Lipinski definition) is 2. The van der Waals surface area contributed by atoms with Crippen molar-refractivity contribution in [1.82, 2.24) is 10.6 Å². The van der Waals surface area contributed by atoms with Crippen LogP contribution in [-0.4, -0.2) is 29.3 Å². The maximum Gasteiger partial charge on any atom is 0.254 e. The Kier molecular flexibility index (Phi) is 2.14. The molecule has 0 radical (unpaired) electrons. The van der Waals surface area contributed by atoms with Crippen LogP contribution in [0.4, 0.5) is 0 Å². The van der Waals surface area contributed by atoms with Crippen molar-refractivity contribution < 1.29 is 9.53 Å². The number of rotatable bonds is 0. The van der Waals surface area contributed by atoms with Gasteiger partial charge in [-0.2, -0.15) is 0 Å². The lowest BCUT2D eigenvalue weighted by Gasteiger charge is -2.49. The zero-order valence-electron chi connectivity index (χ0n) is 9.94. The molecular weight excluding hydrogens is 192 g/mol. The Morgan fingerprint density at radius 2 is 1.67 bits per heavy atom. The van der Waals surface area contributed by atoms with E-state index in [2.05, 4.69) is 38.3 Å². The van der Waals surface area contributed by atoms with Crippen molar-refractivity contribution in [1.29, 1.82) is 0 Å². The molecule has 0 aromatic carbocycles. The molecule has 0 unspecified atom stereocenters. The molecular formula is C11H20N2O2. The van der Waals surface area contributed by atoms with Gasteiger partial charge in [-0.3, -0.25) is 4.79 Å². The van der Waals surface area contributed by atoms with Crippen molar-refractivity contribution in [3.8, 4) is 0 Å². The van der Waals surface area contributed by atoms with Crippen LogP contribution in [0.2, 0.25) is 0 Å². The third-order valence-corrected chi connectivity index (χ3v) is 3.13. The van der Waals surface area contributed by atoms with Gasteiger partial charge in [0.1, 0.15) is 6.73 Å². The second-order valence-corrected chi connectivity index (χ2v) is 6.04. The van der Waals surface area contributed by atoms with Crippen LogP contribution in [0.1, 0.15) is 40.5 Å². The van der Waals surface area contributed by atoms with Crippen molar-refractivity contribution in [3.63, 3.8) is 0 Å². The highest BCUT2D eigenvalue weighted by molar-refractivity contribution is 5.87. The van der Waals surface area contributed by atoms with E-state index in [1.807, 2.05) is 0 Å². The van der Waals surface area contributed by atoms with Crippen molar-refractivity contribution in [3.05, 3.63) is 0 Å². The van der Waals surface area contributed by atoms with E-state index in [9.17, 15) is 4.79 Å². The van der Waals surface area contributed by atoms with Gasteiger partial charge in [0.15, 0.2) is 5.60 Å². The Labute approximate surface area is 90.8 Å². The van der Waals surface area contributed by atoms with Gasteiger partial charge in [-0.25, -0.2) is 0 Å². The Morgan fingerprint density at radius 1 is 1.13 bits per heavy atom. The molecule has 2 saturated heterocycles. The third kappa shape index (κ3) is 1.88. The molecule has 0 atom stereocenters. The summed E-state index contributed by atoms with van der Waals surface area (Å²) in [6, 6.07) is 0. The average molecular weight is 212 g/mol. The van der Waals surface area contributed by atoms with Gasteiger partial charge < -0.3 is 15.4 Å². The van der Waals surface area contributed by atoms with E-state index in [4.69, 9.17) is 4.74 Å². The summed E-state index contributed by atoms with van der Waals surface area (Å²) in [6.45, 7) is 8.81. The van der Waals surface area contributed by atoms with Crippen LogP contribution in [0.25, 0.3) is 0 Å². The smallest absolute Gasteiger partial charge is 0.254 e. The molecule has 2 rings (SSSR count). The summed E-state index contributed by atoms with van der Waals surface area (Å²) in [6.07, 6.45) is 1.46. The SMILES string of the molecule is CC1(C)CC2(CC(C)(C)N1)OCNC2=O. The first-order valence-corrected chi connectivity index (χ1v) is 5.46. The van der Waals surface area contributed by atoms with Gasteiger partial charge >= 0.3 is 0 Å². The molecule has 2 aliphatic heterocycles. The zero-order valence-corrected chi connectivity index (χ0v) is 9.94. The lowest BCUT2D eigenvalue weighted by atomic mass is 9.72. The molecule has 1 amide bonds. The molecule has 2 heterocycles. The van der Waals surface area contributed by atoms with Gasteiger partial charge in [0.2, 0.25) is 0 Å². The predicted octanol–water partition coefficient (Wildman–Crippen LogP) is 0.770. The molecule has 0 aliphatic carbocycles. The number of hydrogen-bond acceptors (Lipinski definition) is 3.